The topological polar surface area (TPSA) is 77.8 Å². The van der Waals surface area contributed by atoms with Crippen LogP contribution in [-0.4, -0.2) is 95.6 Å². The molecule has 6 heterocycles. The highest BCUT2D eigenvalue weighted by Crippen LogP contribution is 2.37. The molecule has 4 aliphatic rings. The molecule has 0 saturated carbocycles. The first-order chi connectivity index (χ1) is 18.1. The number of hydrogen-bond acceptors (Lipinski definition) is 8. The second kappa shape index (κ2) is 9.18. The highest BCUT2D eigenvalue weighted by molar-refractivity contribution is 5.82. The molecule has 0 N–H and O–H groups in total. The Kier molecular flexibility index (Phi) is 5.78. The predicted octanol–water partition coefficient (Wildman–Crippen LogP) is 3.03. The first-order valence-corrected chi connectivity index (χ1v) is 13.3. The summed E-state index contributed by atoms with van der Waals surface area (Å²) in [5.74, 6) is 1.32. The number of hydrogen-bond donors (Lipinski definition) is 0. The molecule has 0 amide bonds. The number of halogens is 1. The largest absolute Gasteiger partial charge is 0.467 e. The van der Waals surface area contributed by atoms with Gasteiger partial charge in [0.15, 0.2) is 5.82 Å². The molecule has 2 bridgehead atoms. The predicted molar refractivity (Wildman–Crippen MR) is 136 cm³/mol. The first-order valence-electron chi connectivity index (χ1n) is 13.3. The monoisotopic (exact) mass is 508 g/mol. The zero-order valence-corrected chi connectivity index (χ0v) is 21.3. The summed E-state index contributed by atoms with van der Waals surface area (Å²) in [5.41, 5.74) is 3.07. The van der Waals surface area contributed by atoms with Gasteiger partial charge in [-0.25, -0.2) is 9.07 Å². The van der Waals surface area contributed by atoms with E-state index >= 15 is 4.39 Å². The number of methoxy groups -OCH3 is 1. The van der Waals surface area contributed by atoms with Crippen molar-refractivity contribution in [1.29, 1.82) is 0 Å². The zero-order valence-electron chi connectivity index (χ0n) is 21.3. The van der Waals surface area contributed by atoms with Crippen LogP contribution in [0.4, 0.5) is 10.2 Å². The number of nitrogens with zero attached hydrogens (tertiary/aromatic N) is 6. The van der Waals surface area contributed by atoms with Crippen molar-refractivity contribution in [3.05, 3.63) is 35.5 Å². The van der Waals surface area contributed by atoms with Crippen LogP contribution in [0.5, 0.6) is 6.01 Å². The Morgan fingerprint density at radius 1 is 1.05 bits per heavy atom. The van der Waals surface area contributed by atoms with Gasteiger partial charge in [0.2, 0.25) is 0 Å². The minimum Gasteiger partial charge on any atom is -0.467 e. The van der Waals surface area contributed by atoms with Crippen molar-refractivity contribution in [2.45, 2.75) is 56.5 Å². The Morgan fingerprint density at radius 2 is 1.95 bits per heavy atom. The number of anilines is 1. The van der Waals surface area contributed by atoms with Gasteiger partial charge in [-0.05, 0) is 56.0 Å². The smallest absolute Gasteiger partial charge is 0.320 e. The van der Waals surface area contributed by atoms with E-state index in [4.69, 9.17) is 14.2 Å². The molecule has 0 spiro atoms. The Labute approximate surface area is 215 Å². The van der Waals surface area contributed by atoms with E-state index in [9.17, 15) is 0 Å². The van der Waals surface area contributed by atoms with Gasteiger partial charge in [-0.2, -0.15) is 15.1 Å². The third kappa shape index (κ3) is 4.06. The number of ether oxygens (including phenoxy) is 3. The summed E-state index contributed by atoms with van der Waals surface area (Å²) in [6.07, 6.45) is 4.00. The van der Waals surface area contributed by atoms with E-state index in [-0.39, 0.29) is 12.0 Å². The molecule has 0 radical (unpaired) electrons. The molecule has 37 heavy (non-hydrogen) atoms. The average molecular weight is 509 g/mol. The van der Waals surface area contributed by atoms with Crippen LogP contribution in [0.15, 0.2) is 24.4 Å². The van der Waals surface area contributed by atoms with Gasteiger partial charge in [0, 0.05) is 43.1 Å². The van der Waals surface area contributed by atoms with E-state index in [1.54, 1.807) is 7.11 Å². The lowest BCUT2D eigenvalue weighted by atomic mass is 9.84. The molecule has 196 valence electrons. The van der Waals surface area contributed by atoms with Gasteiger partial charge in [0.25, 0.3) is 0 Å². The van der Waals surface area contributed by atoms with Gasteiger partial charge in [-0.3, -0.25) is 4.90 Å². The van der Waals surface area contributed by atoms with Crippen molar-refractivity contribution >= 4 is 16.7 Å². The van der Waals surface area contributed by atoms with Crippen molar-refractivity contribution in [2.24, 2.45) is 0 Å². The Balaban J connectivity index is 1.22. The van der Waals surface area contributed by atoms with Crippen molar-refractivity contribution in [3.63, 3.8) is 0 Å². The summed E-state index contributed by atoms with van der Waals surface area (Å²) in [6.45, 7) is 6.47. The number of piperidine rings is 1. The van der Waals surface area contributed by atoms with Crippen molar-refractivity contribution in [1.82, 2.24) is 24.6 Å². The minimum absolute atomic E-state index is 0.137. The average Bonchev–Trinajstić information content (AvgIpc) is 3.73. The van der Waals surface area contributed by atoms with E-state index in [1.165, 1.54) is 0 Å². The van der Waals surface area contributed by atoms with Crippen LogP contribution >= 0.6 is 0 Å². The minimum atomic E-state index is -0.916. The van der Waals surface area contributed by atoms with Crippen LogP contribution in [0.3, 0.4) is 0 Å². The van der Waals surface area contributed by atoms with Gasteiger partial charge in [-0.1, -0.05) is 0 Å². The van der Waals surface area contributed by atoms with Crippen LogP contribution in [-0.2, 0) is 9.47 Å². The summed E-state index contributed by atoms with van der Waals surface area (Å²) in [6, 6.07) is 7.18. The quantitative estimate of drug-likeness (QED) is 0.521. The van der Waals surface area contributed by atoms with Crippen molar-refractivity contribution < 1.29 is 18.6 Å². The fourth-order valence-electron chi connectivity index (χ4n) is 6.63. The van der Waals surface area contributed by atoms with Gasteiger partial charge in [-0.15, -0.1) is 0 Å². The molecule has 10 heteroatoms. The normalized spacial score (nSPS) is 30.0. The number of rotatable bonds is 5. The Morgan fingerprint density at radius 3 is 2.68 bits per heavy atom. The third-order valence-corrected chi connectivity index (χ3v) is 8.62. The second-order valence-electron chi connectivity index (χ2n) is 10.8. The number of morpholine rings is 1. The number of aryl methyl sites for hydroxylation is 1. The summed E-state index contributed by atoms with van der Waals surface area (Å²) in [7, 11) is 1.58. The van der Waals surface area contributed by atoms with Gasteiger partial charge >= 0.3 is 6.01 Å². The molecule has 4 aliphatic heterocycles. The molecule has 2 aromatic heterocycles. The lowest BCUT2D eigenvalue weighted by molar-refractivity contribution is 0.0728. The molecule has 0 aliphatic carbocycles. The molecule has 3 aromatic rings. The van der Waals surface area contributed by atoms with Gasteiger partial charge < -0.3 is 19.1 Å². The number of alkyl halides is 1. The fourth-order valence-corrected chi connectivity index (χ4v) is 6.63. The van der Waals surface area contributed by atoms with Gasteiger partial charge in [0.1, 0.15) is 12.0 Å². The maximum Gasteiger partial charge on any atom is 0.320 e. The van der Waals surface area contributed by atoms with Crippen LogP contribution in [0.2, 0.25) is 0 Å². The number of likely N-dealkylation sites (tertiary alicyclic amines) is 1. The van der Waals surface area contributed by atoms with E-state index in [1.807, 2.05) is 16.9 Å². The SMILES string of the molecule is COc1nc(N2C[C@H]3C[C@@H]2CO3)cc(-n2ncc3cc(C)c(C4CCN(C5CCOC5)CC4F)cc32)n1. The standard InChI is InChI=1S/C27H33FN6O3/c1-16-7-17-11-29-34(26-10-25(30-27(31-26)35-2)33-12-20-8-19(33)15-37-20)24(17)9-22(16)21-3-5-32(13-23(21)28)18-4-6-36-14-18/h7,9-11,18-21,23H,3-6,8,12-15H2,1-2H3/t18?,19-,20-,21?,23?/m1/s1. The van der Waals surface area contributed by atoms with Crippen LogP contribution in [0, 0.1) is 6.92 Å². The van der Waals surface area contributed by atoms with Crippen molar-refractivity contribution in [3.8, 4) is 11.8 Å². The number of fused-ring (bicyclic) bond motifs is 3. The first kappa shape index (κ1) is 23.3. The summed E-state index contributed by atoms with van der Waals surface area (Å²) < 4.78 is 34.2. The maximum atomic E-state index is 15.6. The lowest BCUT2D eigenvalue weighted by Gasteiger charge is -2.38. The Hall–Kier alpha value is -2.82. The van der Waals surface area contributed by atoms with E-state index < -0.39 is 6.17 Å². The summed E-state index contributed by atoms with van der Waals surface area (Å²) in [4.78, 5) is 13.8. The van der Waals surface area contributed by atoms with Gasteiger partial charge in [0.05, 0.1) is 44.2 Å². The molecular formula is C27H33FN6O3. The van der Waals surface area contributed by atoms with Crippen LogP contribution < -0.4 is 9.64 Å². The lowest BCUT2D eigenvalue weighted by Crippen LogP contribution is -2.46. The summed E-state index contributed by atoms with van der Waals surface area (Å²) in [5, 5.41) is 5.68. The molecule has 7 rings (SSSR count). The van der Waals surface area contributed by atoms with Crippen molar-refractivity contribution in [2.75, 3.05) is 51.5 Å². The number of benzene rings is 1. The second-order valence-corrected chi connectivity index (χ2v) is 10.8. The molecule has 9 nitrogen and oxygen atoms in total. The van der Waals surface area contributed by atoms with E-state index in [0.29, 0.717) is 30.5 Å². The molecule has 4 fully saturated rings. The number of aromatic nitrogens is 4. The highest BCUT2D eigenvalue weighted by Gasteiger charge is 2.40. The van der Waals surface area contributed by atoms with Crippen LogP contribution in [0.25, 0.3) is 16.7 Å². The molecule has 5 atom stereocenters. The third-order valence-electron chi connectivity index (χ3n) is 8.62. The molecule has 3 unspecified atom stereocenters. The molecular weight excluding hydrogens is 475 g/mol. The summed E-state index contributed by atoms with van der Waals surface area (Å²) >= 11 is 0. The van der Waals surface area contributed by atoms with Crippen LogP contribution in [0.1, 0.15) is 36.3 Å². The zero-order chi connectivity index (χ0) is 25.1. The van der Waals surface area contributed by atoms with E-state index in [0.717, 1.165) is 80.0 Å². The molecule has 4 saturated heterocycles. The molecule has 1 aromatic carbocycles. The maximum absolute atomic E-state index is 15.6. The fraction of sp³-hybridized carbons (Fsp3) is 0.593. The Bertz CT molecular complexity index is 1310. The highest BCUT2D eigenvalue weighted by atomic mass is 19.1. The van der Waals surface area contributed by atoms with E-state index in [2.05, 4.69) is 43.9 Å².